The number of benzene rings is 1. The Kier molecular flexibility index (Phi) is 6.27. The second kappa shape index (κ2) is 8.02. The molecule has 0 fully saturated rings. The van der Waals surface area contributed by atoms with E-state index in [2.05, 4.69) is 11.9 Å². The Labute approximate surface area is 145 Å². The number of aromatic hydroxyl groups is 1. The zero-order valence-electron chi connectivity index (χ0n) is 15.4. The van der Waals surface area contributed by atoms with Gasteiger partial charge in [-0.15, -0.1) is 0 Å². The molecule has 1 atom stereocenters. The van der Waals surface area contributed by atoms with Crippen LogP contribution in [0, 0.1) is 0 Å². The molecule has 24 heavy (non-hydrogen) atoms. The summed E-state index contributed by atoms with van der Waals surface area (Å²) in [6.07, 6.45) is 5.88. The Bertz CT molecular complexity index is 591. The third-order valence-electron chi connectivity index (χ3n) is 4.27. The quantitative estimate of drug-likeness (QED) is 0.733. The molecule has 1 aromatic rings. The molecular formula is C20H31NO3. The average molecular weight is 333 g/mol. The lowest BCUT2D eigenvalue weighted by molar-refractivity contribution is 0.110. The number of phenolic OH excluding ortho intramolecular Hbond substituents is 1. The van der Waals surface area contributed by atoms with Gasteiger partial charge in [-0.1, -0.05) is 26.2 Å². The second-order valence-corrected chi connectivity index (χ2v) is 7.47. The van der Waals surface area contributed by atoms with Crippen molar-refractivity contribution in [3.63, 3.8) is 0 Å². The van der Waals surface area contributed by atoms with Crippen molar-refractivity contribution in [2.45, 2.75) is 77.9 Å². The Hall–Kier alpha value is -1.55. The number of phenols is 1. The van der Waals surface area contributed by atoms with Crippen LogP contribution in [-0.2, 0) is 6.42 Å². The number of nitrogens with zero attached hydrogens (tertiary/aromatic N) is 1. The van der Waals surface area contributed by atoms with Crippen LogP contribution in [0.1, 0.15) is 70.9 Å². The molecule has 4 heteroatoms. The van der Waals surface area contributed by atoms with E-state index in [1.54, 1.807) is 6.92 Å². The highest BCUT2D eigenvalue weighted by Gasteiger charge is 2.33. The first-order valence-corrected chi connectivity index (χ1v) is 9.09. The van der Waals surface area contributed by atoms with Crippen molar-refractivity contribution in [3.8, 4) is 11.5 Å². The highest BCUT2D eigenvalue weighted by molar-refractivity contribution is 6.06. The fourth-order valence-corrected chi connectivity index (χ4v) is 3.13. The zero-order chi connectivity index (χ0) is 17.7. The summed E-state index contributed by atoms with van der Waals surface area (Å²) in [6, 6.07) is 3.88. The SMILES string of the molecule is CCCCCCc1cc(O)c2c(c1)OC(C)(C)CC2=NCC(C)O. The number of fused-ring (bicyclic) bond motifs is 1. The number of aryl methyl sites for hydroxylation is 1. The summed E-state index contributed by atoms with van der Waals surface area (Å²) < 4.78 is 6.10. The second-order valence-electron chi connectivity index (χ2n) is 7.47. The number of hydrogen-bond acceptors (Lipinski definition) is 4. The van der Waals surface area contributed by atoms with Crippen LogP contribution in [0.15, 0.2) is 17.1 Å². The van der Waals surface area contributed by atoms with Crippen LogP contribution in [0.3, 0.4) is 0 Å². The molecule has 0 aromatic heterocycles. The number of hydrogen-bond donors (Lipinski definition) is 2. The van der Waals surface area contributed by atoms with Crippen molar-refractivity contribution in [2.75, 3.05) is 6.54 Å². The standard InChI is InChI=1S/C20H31NO3/c1-5-6-7-8-9-15-10-17(23)19-16(21-13-14(2)22)12-20(3,4)24-18(19)11-15/h10-11,14,22-23H,5-9,12-13H2,1-4H3. The highest BCUT2D eigenvalue weighted by atomic mass is 16.5. The van der Waals surface area contributed by atoms with Crippen molar-refractivity contribution in [3.05, 3.63) is 23.3 Å². The molecule has 0 amide bonds. The van der Waals surface area contributed by atoms with Crippen LogP contribution in [0.25, 0.3) is 0 Å². The van der Waals surface area contributed by atoms with E-state index in [9.17, 15) is 10.2 Å². The summed E-state index contributed by atoms with van der Waals surface area (Å²) in [5.41, 5.74) is 2.25. The van der Waals surface area contributed by atoms with Gasteiger partial charge in [-0.2, -0.15) is 0 Å². The molecule has 0 saturated heterocycles. The molecule has 1 aromatic carbocycles. The number of aliphatic imine (C=N–C) groups is 1. The Morgan fingerprint density at radius 3 is 2.67 bits per heavy atom. The van der Waals surface area contributed by atoms with E-state index in [0.717, 1.165) is 24.1 Å². The zero-order valence-corrected chi connectivity index (χ0v) is 15.4. The minimum absolute atomic E-state index is 0.234. The number of aliphatic hydroxyl groups excluding tert-OH is 1. The van der Waals surface area contributed by atoms with Crippen molar-refractivity contribution in [1.82, 2.24) is 0 Å². The molecule has 0 bridgehead atoms. The molecule has 134 valence electrons. The largest absolute Gasteiger partial charge is 0.507 e. The van der Waals surface area contributed by atoms with E-state index in [4.69, 9.17) is 4.74 Å². The van der Waals surface area contributed by atoms with Crippen LogP contribution in [0.4, 0.5) is 0 Å². The van der Waals surface area contributed by atoms with E-state index >= 15 is 0 Å². The summed E-state index contributed by atoms with van der Waals surface area (Å²) in [7, 11) is 0. The van der Waals surface area contributed by atoms with Gasteiger partial charge in [0.05, 0.1) is 23.9 Å². The minimum Gasteiger partial charge on any atom is -0.507 e. The Balaban J connectivity index is 2.28. The first-order valence-electron chi connectivity index (χ1n) is 9.09. The molecule has 0 aliphatic carbocycles. The topological polar surface area (TPSA) is 62.0 Å². The van der Waals surface area contributed by atoms with E-state index in [0.29, 0.717) is 24.3 Å². The maximum absolute atomic E-state index is 10.5. The van der Waals surface area contributed by atoms with Gasteiger partial charge < -0.3 is 14.9 Å². The molecule has 1 aliphatic rings. The molecule has 2 N–H and O–H groups in total. The van der Waals surface area contributed by atoms with Gasteiger partial charge in [0, 0.05) is 6.42 Å². The smallest absolute Gasteiger partial charge is 0.133 e. The normalized spacial score (nSPS) is 19.0. The van der Waals surface area contributed by atoms with Gasteiger partial charge in [0.2, 0.25) is 0 Å². The molecule has 0 radical (unpaired) electrons. The van der Waals surface area contributed by atoms with Crippen LogP contribution in [0.5, 0.6) is 11.5 Å². The number of aliphatic hydroxyl groups is 1. The van der Waals surface area contributed by atoms with E-state index in [1.807, 2.05) is 26.0 Å². The predicted molar refractivity (Wildman–Crippen MR) is 98.4 cm³/mol. The molecule has 2 rings (SSSR count). The number of unbranched alkanes of at least 4 members (excludes halogenated alkanes) is 3. The minimum atomic E-state index is -0.494. The molecule has 1 heterocycles. The summed E-state index contributed by atoms with van der Waals surface area (Å²) in [4.78, 5) is 4.52. The number of ether oxygens (including phenoxy) is 1. The van der Waals surface area contributed by atoms with Gasteiger partial charge >= 0.3 is 0 Å². The van der Waals surface area contributed by atoms with Crippen molar-refractivity contribution >= 4 is 5.71 Å². The summed E-state index contributed by atoms with van der Waals surface area (Å²) in [5.74, 6) is 0.943. The van der Waals surface area contributed by atoms with Gasteiger partial charge in [-0.05, 0) is 51.3 Å². The maximum Gasteiger partial charge on any atom is 0.133 e. The fraction of sp³-hybridized carbons (Fsp3) is 0.650. The van der Waals surface area contributed by atoms with Crippen LogP contribution < -0.4 is 4.74 Å². The third kappa shape index (κ3) is 4.97. The predicted octanol–water partition coefficient (Wildman–Crippen LogP) is 4.25. The first kappa shape index (κ1) is 18.8. The lowest BCUT2D eigenvalue weighted by Crippen LogP contribution is -2.36. The van der Waals surface area contributed by atoms with Crippen LogP contribution in [-0.4, -0.2) is 34.2 Å². The lowest BCUT2D eigenvalue weighted by Gasteiger charge is -2.34. The molecule has 0 spiro atoms. The molecular weight excluding hydrogens is 302 g/mol. The highest BCUT2D eigenvalue weighted by Crippen LogP contribution is 2.39. The van der Waals surface area contributed by atoms with E-state index < -0.39 is 6.10 Å². The van der Waals surface area contributed by atoms with Crippen LogP contribution in [0.2, 0.25) is 0 Å². The maximum atomic E-state index is 10.5. The lowest BCUT2D eigenvalue weighted by atomic mass is 9.90. The third-order valence-corrected chi connectivity index (χ3v) is 4.27. The van der Waals surface area contributed by atoms with Gasteiger partial charge in [-0.25, -0.2) is 0 Å². The van der Waals surface area contributed by atoms with Crippen molar-refractivity contribution in [2.24, 2.45) is 4.99 Å². The van der Waals surface area contributed by atoms with E-state index in [-0.39, 0.29) is 11.4 Å². The van der Waals surface area contributed by atoms with Gasteiger partial charge in [0.1, 0.15) is 17.1 Å². The van der Waals surface area contributed by atoms with Gasteiger partial charge in [-0.3, -0.25) is 4.99 Å². The Morgan fingerprint density at radius 1 is 1.25 bits per heavy atom. The van der Waals surface area contributed by atoms with E-state index in [1.165, 1.54) is 19.3 Å². The van der Waals surface area contributed by atoms with Gasteiger partial charge in [0.15, 0.2) is 0 Å². The average Bonchev–Trinajstić information content (AvgIpc) is 2.47. The monoisotopic (exact) mass is 333 g/mol. The fourth-order valence-electron chi connectivity index (χ4n) is 3.13. The van der Waals surface area contributed by atoms with Crippen molar-refractivity contribution < 1.29 is 14.9 Å². The van der Waals surface area contributed by atoms with Crippen molar-refractivity contribution in [1.29, 1.82) is 0 Å². The first-order chi connectivity index (χ1) is 11.3. The molecule has 4 nitrogen and oxygen atoms in total. The molecule has 1 unspecified atom stereocenters. The van der Waals surface area contributed by atoms with Gasteiger partial charge in [0.25, 0.3) is 0 Å². The molecule has 0 saturated carbocycles. The Morgan fingerprint density at radius 2 is 2.00 bits per heavy atom. The number of rotatable bonds is 7. The van der Waals surface area contributed by atoms with Crippen LogP contribution >= 0.6 is 0 Å². The summed E-state index contributed by atoms with van der Waals surface area (Å²) in [6.45, 7) is 8.31. The summed E-state index contributed by atoms with van der Waals surface area (Å²) >= 11 is 0. The summed E-state index contributed by atoms with van der Waals surface area (Å²) in [5, 5.41) is 20.0. The molecule has 1 aliphatic heterocycles.